The highest BCUT2D eigenvalue weighted by Gasteiger charge is 2.38. The Morgan fingerprint density at radius 3 is 2.47 bits per heavy atom. The summed E-state index contributed by atoms with van der Waals surface area (Å²) in [6.07, 6.45) is 4.85. The number of hydrogen-bond donors (Lipinski definition) is 4. The Hall–Kier alpha value is -0.650. The van der Waals surface area contributed by atoms with Crippen molar-refractivity contribution in [2.24, 2.45) is 11.1 Å². The zero-order chi connectivity index (χ0) is 12.9. The minimum absolute atomic E-state index is 0.0596. The number of rotatable bonds is 5. The van der Waals surface area contributed by atoms with Crippen molar-refractivity contribution < 1.29 is 15.0 Å². The third-order valence-electron chi connectivity index (χ3n) is 3.65. The highest BCUT2D eigenvalue weighted by Crippen LogP contribution is 2.35. The van der Waals surface area contributed by atoms with E-state index >= 15 is 0 Å². The lowest BCUT2D eigenvalue weighted by atomic mass is 9.73. The van der Waals surface area contributed by atoms with Crippen molar-refractivity contribution in [3.8, 4) is 0 Å². The maximum atomic E-state index is 12.1. The summed E-state index contributed by atoms with van der Waals surface area (Å²) < 4.78 is 0. The SMILES string of the molecule is CC(O)(CO)CNC(=O)C1(CN)CCCCC1. The zero-order valence-electron chi connectivity index (χ0n) is 10.5. The Kier molecular flexibility index (Phi) is 4.91. The van der Waals surface area contributed by atoms with Gasteiger partial charge >= 0.3 is 0 Å². The van der Waals surface area contributed by atoms with Crippen LogP contribution in [-0.2, 0) is 4.79 Å². The number of aliphatic hydroxyl groups excluding tert-OH is 1. The van der Waals surface area contributed by atoms with Crippen LogP contribution in [-0.4, -0.2) is 41.4 Å². The fourth-order valence-electron chi connectivity index (χ4n) is 2.27. The quantitative estimate of drug-likeness (QED) is 0.536. The van der Waals surface area contributed by atoms with Crippen LogP contribution >= 0.6 is 0 Å². The fraction of sp³-hybridized carbons (Fsp3) is 0.917. The Balaban J connectivity index is 2.55. The lowest BCUT2D eigenvalue weighted by molar-refractivity contribution is -0.133. The van der Waals surface area contributed by atoms with E-state index in [2.05, 4.69) is 5.32 Å². The highest BCUT2D eigenvalue weighted by molar-refractivity contribution is 5.83. The van der Waals surface area contributed by atoms with Crippen LogP contribution in [0.25, 0.3) is 0 Å². The van der Waals surface area contributed by atoms with Crippen molar-refractivity contribution in [1.29, 1.82) is 0 Å². The number of carbonyl (C=O) groups excluding carboxylic acids is 1. The molecule has 0 heterocycles. The summed E-state index contributed by atoms with van der Waals surface area (Å²) in [4.78, 5) is 12.1. The van der Waals surface area contributed by atoms with E-state index < -0.39 is 11.0 Å². The van der Waals surface area contributed by atoms with E-state index in [4.69, 9.17) is 10.8 Å². The third-order valence-corrected chi connectivity index (χ3v) is 3.65. The largest absolute Gasteiger partial charge is 0.393 e. The van der Waals surface area contributed by atoms with Gasteiger partial charge in [-0.2, -0.15) is 0 Å². The summed E-state index contributed by atoms with van der Waals surface area (Å²) in [5, 5.41) is 21.3. The molecule has 0 saturated heterocycles. The van der Waals surface area contributed by atoms with Gasteiger partial charge in [0.05, 0.1) is 12.0 Å². The van der Waals surface area contributed by atoms with Crippen LogP contribution < -0.4 is 11.1 Å². The van der Waals surface area contributed by atoms with Gasteiger partial charge in [0.25, 0.3) is 0 Å². The Morgan fingerprint density at radius 2 is 2.00 bits per heavy atom. The molecule has 0 radical (unpaired) electrons. The molecule has 0 aromatic heterocycles. The van der Waals surface area contributed by atoms with Crippen molar-refractivity contribution in [3.05, 3.63) is 0 Å². The van der Waals surface area contributed by atoms with Crippen molar-refractivity contribution in [2.45, 2.75) is 44.6 Å². The van der Waals surface area contributed by atoms with Crippen LogP contribution in [0.3, 0.4) is 0 Å². The third kappa shape index (κ3) is 3.66. The summed E-state index contributed by atoms with van der Waals surface area (Å²) in [5.74, 6) is -0.0894. The van der Waals surface area contributed by atoms with Crippen molar-refractivity contribution in [1.82, 2.24) is 5.32 Å². The van der Waals surface area contributed by atoms with Gasteiger partial charge in [-0.25, -0.2) is 0 Å². The van der Waals surface area contributed by atoms with E-state index in [1.54, 1.807) is 0 Å². The lowest BCUT2D eigenvalue weighted by Gasteiger charge is -2.35. The molecule has 0 aromatic rings. The lowest BCUT2D eigenvalue weighted by Crippen LogP contribution is -2.51. The Labute approximate surface area is 102 Å². The first kappa shape index (κ1) is 14.4. The van der Waals surface area contributed by atoms with Crippen LogP contribution in [0, 0.1) is 5.41 Å². The number of amides is 1. The van der Waals surface area contributed by atoms with Crippen LogP contribution in [0.4, 0.5) is 0 Å². The first-order valence-corrected chi connectivity index (χ1v) is 6.27. The minimum atomic E-state index is -1.26. The first-order valence-electron chi connectivity index (χ1n) is 6.27. The van der Waals surface area contributed by atoms with Crippen LogP contribution in [0.1, 0.15) is 39.0 Å². The van der Waals surface area contributed by atoms with Gasteiger partial charge in [-0.3, -0.25) is 4.79 Å². The number of nitrogens with two attached hydrogens (primary N) is 1. The van der Waals surface area contributed by atoms with E-state index in [9.17, 15) is 9.90 Å². The van der Waals surface area contributed by atoms with Crippen molar-refractivity contribution in [2.75, 3.05) is 19.7 Å². The molecule has 1 amide bonds. The predicted octanol–water partition coefficient (Wildman–Crippen LogP) is -0.245. The second-order valence-electron chi connectivity index (χ2n) is 5.38. The van der Waals surface area contributed by atoms with Gasteiger partial charge in [0.2, 0.25) is 5.91 Å². The Bertz CT molecular complexity index is 260. The minimum Gasteiger partial charge on any atom is -0.393 e. The van der Waals surface area contributed by atoms with Gasteiger partial charge < -0.3 is 21.3 Å². The van der Waals surface area contributed by atoms with Crippen LogP contribution in [0.2, 0.25) is 0 Å². The number of nitrogens with one attached hydrogen (secondary N) is 1. The van der Waals surface area contributed by atoms with Crippen LogP contribution in [0.5, 0.6) is 0 Å². The zero-order valence-corrected chi connectivity index (χ0v) is 10.5. The molecule has 0 aromatic carbocycles. The molecule has 100 valence electrons. The molecular formula is C12H24N2O3. The van der Waals surface area contributed by atoms with E-state index in [1.807, 2.05) is 0 Å². The molecule has 17 heavy (non-hydrogen) atoms. The molecule has 5 nitrogen and oxygen atoms in total. The molecule has 5 heteroatoms. The summed E-state index contributed by atoms with van der Waals surface area (Å²) in [6.45, 7) is 1.52. The molecule has 0 aliphatic heterocycles. The Morgan fingerprint density at radius 1 is 1.41 bits per heavy atom. The van der Waals surface area contributed by atoms with Crippen LogP contribution in [0.15, 0.2) is 0 Å². The van der Waals surface area contributed by atoms with E-state index in [-0.39, 0.29) is 19.1 Å². The molecule has 1 aliphatic carbocycles. The van der Waals surface area contributed by atoms with Gasteiger partial charge in [0, 0.05) is 13.1 Å². The summed E-state index contributed by atoms with van der Waals surface area (Å²) in [7, 11) is 0. The van der Waals surface area contributed by atoms with Crippen molar-refractivity contribution in [3.63, 3.8) is 0 Å². The molecule has 0 spiro atoms. The maximum Gasteiger partial charge on any atom is 0.227 e. The summed E-state index contributed by atoms with van der Waals surface area (Å²) >= 11 is 0. The molecule has 1 saturated carbocycles. The highest BCUT2D eigenvalue weighted by atomic mass is 16.3. The molecule has 1 unspecified atom stereocenters. The number of aliphatic hydroxyl groups is 2. The first-order chi connectivity index (χ1) is 7.96. The van der Waals surface area contributed by atoms with E-state index in [1.165, 1.54) is 6.92 Å². The maximum absolute atomic E-state index is 12.1. The summed E-state index contributed by atoms with van der Waals surface area (Å²) in [6, 6.07) is 0. The normalized spacial score (nSPS) is 22.8. The van der Waals surface area contributed by atoms with Gasteiger partial charge in [-0.1, -0.05) is 19.3 Å². The molecule has 1 rings (SSSR count). The topological polar surface area (TPSA) is 95.6 Å². The van der Waals surface area contributed by atoms with Gasteiger partial charge in [-0.15, -0.1) is 0 Å². The fourth-order valence-corrected chi connectivity index (χ4v) is 2.27. The van der Waals surface area contributed by atoms with E-state index in [0.29, 0.717) is 6.54 Å². The second kappa shape index (κ2) is 5.80. The van der Waals surface area contributed by atoms with Gasteiger partial charge in [0.1, 0.15) is 5.60 Å². The molecule has 0 bridgehead atoms. The predicted molar refractivity (Wildman–Crippen MR) is 65.3 cm³/mol. The van der Waals surface area contributed by atoms with E-state index in [0.717, 1.165) is 32.1 Å². The smallest absolute Gasteiger partial charge is 0.227 e. The number of hydrogen-bond acceptors (Lipinski definition) is 4. The molecule has 1 aliphatic rings. The molecule has 1 atom stereocenters. The molecular weight excluding hydrogens is 220 g/mol. The monoisotopic (exact) mass is 244 g/mol. The molecule has 1 fully saturated rings. The van der Waals surface area contributed by atoms with Gasteiger partial charge in [-0.05, 0) is 19.8 Å². The molecule has 5 N–H and O–H groups in total. The van der Waals surface area contributed by atoms with Gasteiger partial charge in [0.15, 0.2) is 0 Å². The average Bonchev–Trinajstić information content (AvgIpc) is 2.37. The number of carbonyl (C=O) groups is 1. The second-order valence-corrected chi connectivity index (χ2v) is 5.38. The standard InChI is InChI=1S/C12H24N2O3/c1-11(17,9-15)8-14-10(16)12(7-13)5-3-2-4-6-12/h15,17H,2-9,13H2,1H3,(H,14,16). The average molecular weight is 244 g/mol. The van der Waals surface area contributed by atoms with Crippen molar-refractivity contribution >= 4 is 5.91 Å². The summed E-state index contributed by atoms with van der Waals surface area (Å²) in [5.41, 5.74) is 4.01.